The van der Waals surface area contributed by atoms with Crippen LogP contribution >= 0.6 is 0 Å². The molecule has 0 aromatic heterocycles. The van der Waals surface area contributed by atoms with Gasteiger partial charge in [-0.1, -0.05) is 12.1 Å². The van der Waals surface area contributed by atoms with Crippen molar-refractivity contribution in [1.29, 1.82) is 0 Å². The fraction of sp³-hybridized carbons (Fsp3) is 0.588. The molecule has 1 aliphatic rings. The van der Waals surface area contributed by atoms with E-state index >= 15 is 0 Å². The van der Waals surface area contributed by atoms with Gasteiger partial charge in [-0.2, -0.15) is 0 Å². The number of carbonyl (C=O) groups is 1. The summed E-state index contributed by atoms with van der Waals surface area (Å²) in [5.41, 5.74) is 2.23. The molecule has 22 heavy (non-hydrogen) atoms. The van der Waals surface area contributed by atoms with E-state index in [0.29, 0.717) is 25.5 Å². The molecule has 1 amide bonds. The summed E-state index contributed by atoms with van der Waals surface area (Å²) in [6.45, 7) is 3.19. The number of benzene rings is 1. The van der Waals surface area contributed by atoms with Crippen molar-refractivity contribution in [3.05, 3.63) is 29.3 Å². The monoisotopic (exact) mass is 306 g/mol. The molecule has 0 unspecified atom stereocenters. The first-order chi connectivity index (χ1) is 10.7. The Morgan fingerprint density at radius 2 is 2.09 bits per heavy atom. The minimum atomic E-state index is -0.00929. The van der Waals surface area contributed by atoms with Gasteiger partial charge in [0.05, 0.1) is 20.1 Å². The predicted octanol–water partition coefficient (Wildman–Crippen LogP) is 1.47. The number of methoxy groups -OCH3 is 2. The van der Waals surface area contributed by atoms with Crippen LogP contribution in [-0.4, -0.2) is 46.4 Å². The lowest BCUT2D eigenvalue weighted by Crippen LogP contribution is -2.28. The number of nitrogens with one attached hydrogen (secondary N) is 2. The molecule has 0 radical (unpaired) electrons. The first kappa shape index (κ1) is 16.8. The van der Waals surface area contributed by atoms with Crippen LogP contribution in [0.5, 0.6) is 5.75 Å². The first-order valence-electron chi connectivity index (χ1n) is 7.87. The van der Waals surface area contributed by atoms with Crippen LogP contribution in [0, 0.1) is 0 Å². The Hall–Kier alpha value is -1.59. The van der Waals surface area contributed by atoms with E-state index in [4.69, 9.17) is 9.47 Å². The largest absolute Gasteiger partial charge is 0.496 e. The maximum absolute atomic E-state index is 11.9. The van der Waals surface area contributed by atoms with Crippen LogP contribution in [0.15, 0.2) is 18.2 Å². The summed E-state index contributed by atoms with van der Waals surface area (Å²) < 4.78 is 10.4. The third-order valence-corrected chi connectivity index (χ3v) is 4.10. The summed E-state index contributed by atoms with van der Waals surface area (Å²) in [4.78, 5) is 11.9. The SMILES string of the molecule is COCCNC(=O)Cc1ccc(C2CCNCC2)cc1OC. The van der Waals surface area contributed by atoms with Crippen molar-refractivity contribution in [3.63, 3.8) is 0 Å². The van der Waals surface area contributed by atoms with Gasteiger partial charge in [0.2, 0.25) is 5.91 Å². The number of carbonyl (C=O) groups excluding carboxylic acids is 1. The molecule has 122 valence electrons. The molecular formula is C17H26N2O3. The molecule has 5 heteroatoms. The van der Waals surface area contributed by atoms with E-state index in [-0.39, 0.29) is 5.91 Å². The van der Waals surface area contributed by atoms with Crippen LogP contribution < -0.4 is 15.4 Å². The van der Waals surface area contributed by atoms with Gasteiger partial charge in [-0.15, -0.1) is 0 Å². The molecule has 1 aromatic rings. The van der Waals surface area contributed by atoms with E-state index in [2.05, 4.69) is 22.8 Å². The summed E-state index contributed by atoms with van der Waals surface area (Å²) in [6.07, 6.45) is 2.64. The molecule has 2 N–H and O–H groups in total. The third kappa shape index (κ3) is 4.71. The summed E-state index contributed by atoms with van der Waals surface area (Å²) in [7, 11) is 3.28. The Kier molecular flexibility index (Phi) is 6.68. The number of ether oxygens (including phenoxy) is 2. The van der Waals surface area contributed by atoms with Crippen LogP contribution in [0.3, 0.4) is 0 Å². The van der Waals surface area contributed by atoms with Crippen molar-refractivity contribution in [2.45, 2.75) is 25.2 Å². The molecule has 0 aliphatic carbocycles. The van der Waals surface area contributed by atoms with Crippen molar-refractivity contribution in [3.8, 4) is 5.75 Å². The summed E-state index contributed by atoms with van der Waals surface area (Å²) in [5.74, 6) is 1.38. The third-order valence-electron chi connectivity index (χ3n) is 4.10. The van der Waals surface area contributed by atoms with Crippen LogP contribution in [0.1, 0.15) is 29.9 Å². The van der Waals surface area contributed by atoms with Crippen molar-refractivity contribution in [2.24, 2.45) is 0 Å². The molecule has 0 bridgehead atoms. The molecule has 1 heterocycles. The molecule has 5 nitrogen and oxygen atoms in total. The van der Waals surface area contributed by atoms with Crippen LogP contribution in [0.25, 0.3) is 0 Å². The number of rotatable bonds is 7. The Morgan fingerprint density at radius 3 is 2.77 bits per heavy atom. The van der Waals surface area contributed by atoms with Gasteiger partial charge in [0, 0.05) is 19.2 Å². The van der Waals surface area contributed by atoms with Crippen LogP contribution in [-0.2, 0) is 16.0 Å². The van der Waals surface area contributed by atoms with Gasteiger partial charge in [-0.25, -0.2) is 0 Å². The summed E-state index contributed by atoms with van der Waals surface area (Å²) in [6, 6.07) is 6.25. The Bertz CT molecular complexity index is 485. The second-order valence-electron chi connectivity index (χ2n) is 5.62. The maximum Gasteiger partial charge on any atom is 0.224 e. The van der Waals surface area contributed by atoms with Crippen LogP contribution in [0.2, 0.25) is 0 Å². The molecule has 1 aromatic carbocycles. The van der Waals surface area contributed by atoms with Gasteiger partial charge in [0.15, 0.2) is 0 Å². The van der Waals surface area contributed by atoms with E-state index in [0.717, 1.165) is 37.2 Å². The minimum Gasteiger partial charge on any atom is -0.496 e. The van der Waals surface area contributed by atoms with Gasteiger partial charge in [0.1, 0.15) is 5.75 Å². The quantitative estimate of drug-likeness (QED) is 0.749. The second-order valence-corrected chi connectivity index (χ2v) is 5.62. The topological polar surface area (TPSA) is 59.6 Å². The first-order valence-corrected chi connectivity index (χ1v) is 7.87. The van der Waals surface area contributed by atoms with Gasteiger partial charge in [-0.05, 0) is 43.5 Å². The van der Waals surface area contributed by atoms with Gasteiger partial charge in [0.25, 0.3) is 0 Å². The average Bonchev–Trinajstić information content (AvgIpc) is 2.56. The highest BCUT2D eigenvalue weighted by atomic mass is 16.5. The molecule has 0 atom stereocenters. The smallest absolute Gasteiger partial charge is 0.224 e. The number of piperidine rings is 1. The highest BCUT2D eigenvalue weighted by Crippen LogP contribution is 2.30. The van der Waals surface area contributed by atoms with Gasteiger partial charge in [-0.3, -0.25) is 4.79 Å². The molecule has 1 fully saturated rings. The van der Waals surface area contributed by atoms with E-state index in [1.54, 1.807) is 14.2 Å². The second kappa shape index (κ2) is 8.76. The number of hydrogen-bond donors (Lipinski definition) is 2. The summed E-state index contributed by atoms with van der Waals surface area (Å²) in [5, 5.41) is 6.21. The van der Waals surface area contributed by atoms with Gasteiger partial charge < -0.3 is 20.1 Å². The Balaban J connectivity index is 2.00. The van der Waals surface area contributed by atoms with E-state index in [9.17, 15) is 4.79 Å². The number of hydrogen-bond acceptors (Lipinski definition) is 4. The molecule has 1 saturated heterocycles. The standard InChI is InChI=1S/C17H26N2O3/c1-21-10-9-19-17(20)12-15-4-3-14(11-16(15)22-2)13-5-7-18-8-6-13/h3-4,11,13,18H,5-10,12H2,1-2H3,(H,19,20). The zero-order valence-corrected chi connectivity index (χ0v) is 13.5. The molecule has 2 rings (SSSR count). The van der Waals surface area contributed by atoms with Gasteiger partial charge >= 0.3 is 0 Å². The molecular weight excluding hydrogens is 280 g/mol. The lowest BCUT2D eigenvalue weighted by atomic mass is 9.89. The zero-order valence-electron chi connectivity index (χ0n) is 13.5. The van der Waals surface area contributed by atoms with Crippen molar-refractivity contribution < 1.29 is 14.3 Å². The highest BCUT2D eigenvalue weighted by Gasteiger charge is 2.17. The Morgan fingerprint density at radius 1 is 1.32 bits per heavy atom. The average molecular weight is 306 g/mol. The lowest BCUT2D eigenvalue weighted by molar-refractivity contribution is -0.120. The molecule has 0 saturated carbocycles. The minimum absolute atomic E-state index is 0.00929. The Labute approximate surface area is 132 Å². The van der Waals surface area contributed by atoms with Crippen molar-refractivity contribution >= 4 is 5.91 Å². The highest BCUT2D eigenvalue weighted by molar-refractivity contribution is 5.79. The van der Waals surface area contributed by atoms with Crippen molar-refractivity contribution in [2.75, 3.05) is 40.5 Å². The maximum atomic E-state index is 11.9. The van der Waals surface area contributed by atoms with E-state index in [1.165, 1.54) is 5.56 Å². The summed E-state index contributed by atoms with van der Waals surface area (Å²) >= 11 is 0. The molecule has 0 spiro atoms. The zero-order chi connectivity index (χ0) is 15.8. The molecule has 1 aliphatic heterocycles. The van der Waals surface area contributed by atoms with Crippen molar-refractivity contribution in [1.82, 2.24) is 10.6 Å². The predicted molar refractivity (Wildman–Crippen MR) is 86.4 cm³/mol. The van der Waals surface area contributed by atoms with Crippen LogP contribution in [0.4, 0.5) is 0 Å². The normalized spacial score (nSPS) is 15.5. The number of amides is 1. The fourth-order valence-corrected chi connectivity index (χ4v) is 2.84. The lowest BCUT2D eigenvalue weighted by Gasteiger charge is -2.23. The van der Waals surface area contributed by atoms with E-state index in [1.807, 2.05) is 6.07 Å². The van der Waals surface area contributed by atoms with E-state index < -0.39 is 0 Å². The fourth-order valence-electron chi connectivity index (χ4n) is 2.84.